The number of carbonyl (C=O) groups is 2. The Labute approximate surface area is 148 Å². The highest BCUT2D eigenvalue weighted by Gasteiger charge is 2.52. The van der Waals surface area contributed by atoms with E-state index < -0.39 is 5.54 Å². The number of piperidine rings is 1. The first-order valence-corrected chi connectivity index (χ1v) is 9.24. The third kappa shape index (κ3) is 2.92. The van der Waals surface area contributed by atoms with Gasteiger partial charge in [-0.05, 0) is 62.8 Å². The summed E-state index contributed by atoms with van der Waals surface area (Å²) in [4.78, 5) is 30.0. The van der Waals surface area contributed by atoms with Crippen molar-refractivity contribution in [3.8, 4) is 0 Å². The highest BCUT2D eigenvalue weighted by atomic mass is 35.5. The maximum absolute atomic E-state index is 13.1. The molecule has 2 amide bonds. The molecule has 1 aromatic rings. The smallest absolute Gasteiger partial charge is 0.254 e. The predicted octanol–water partition coefficient (Wildman–Crippen LogP) is 3.66. The lowest BCUT2D eigenvalue weighted by Gasteiger charge is -2.44. The molecular weight excluding hydrogens is 324 g/mol. The predicted molar refractivity (Wildman–Crippen MR) is 95.3 cm³/mol. The molecule has 3 rings (SSSR count). The second kappa shape index (κ2) is 6.75. The van der Waals surface area contributed by atoms with Crippen LogP contribution in [0.3, 0.4) is 0 Å². The van der Waals surface area contributed by atoms with Gasteiger partial charge in [0.25, 0.3) is 5.91 Å². The summed E-state index contributed by atoms with van der Waals surface area (Å²) < 4.78 is 0. The molecule has 130 valence electrons. The molecule has 0 saturated carbocycles. The van der Waals surface area contributed by atoms with E-state index in [2.05, 4.69) is 6.92 Å². The van der Waals surface area contributed by atoms with Gasteiger partial charge in [-0.2, -0.15) is 0 Å². The van der Waals surface area contributed by atoms with Crippen molar-refractivity contribution in [2.75, 3.05) is 19.6 Å². The maximum Gasteiger partial charge on any atom is 0.254 e. The molecule has 2 fully saturated rings. The number of carbonyl (C=O) groups excluding carboxylic acids is 2. The number of amides is 2. The van der Waals surface area contributed by atoms with Crippen LogP contribution in [0.4, 0.5) is 0 Å². The number of halogens is 1. The van der Waals surface area contributed by atoms with Crippen molar-refractivity contribution in [2.45, 2.75) is 51.5 Å². The first-order valence-electron chi connectivity index (χ1n) is 8.86. The zero-order valence-corrected chi connectivity index (χ0v) is 15.2. The normalized spacial score (nSPS) is 24.0. The summed E-state index contributed by atoms with van der Waals surface area (Å²) in [5, 5.41) is 0.564. The van der Waals surface area contributed by atoms with Gasteiger partial charge in [0.05, 0.1) is 0 Å². The molecule has 2 aliphatic rings. The van der Waals surface area contributed by atoms with Crippen LogP contribution < -0.4 is 0 Å². The van der Waals surface area contributed by atoms with Crippen LogP contribution in [0.1, 0.15) is 54.9 Å². The Bertz CT molecular complexity index is 639. The minimum Gasteiger partial charge on any atom is -0.341 e. The maximum atomic E-state index is 13.1. The first kappa shape index (κ1) is 17.3. The number of nitrogens with zero attached hydrogens (tertiary/aromatic N) is 2. The van der Waals surface area contributed by atoms with E-state index in [1.807, 2.05) is 28.9 Å². The van der Waals surface area contributed by atoms with Crippen molar-refractivity contribution in [3.05, 3.63) is 34.3 Å². The summed E-state index contributed by atoms with van der Waals surface area (Å²) in [6.07, 6.45) is 4.35. The fraction of sp³-hybridized carbons (Fsp3) is 0.579. The van der Waals surface area contributed by atoms with Crippen LogP contribution >= 0.6 is 11.6 Å². The van der Waals surface area contributed by atoms with E-state index in [-0.39, 0.29) is 11.8 Å². The summed E-state index contributed by atoms with van der Waals surface area (Å²) in [6.45, 7) is 6.25. The molecule has 24 heavy (non-hydrogen) atoms. The number of hydrogen-bond donors (Lipinski definition) is 0. The molecule has 2 heterocycles. The summed E-state index contributed by atoms with van der Waals surface area (Å²) >= 11 is 6.13. The molecule has 5 heteroatoms. The monoisotopic (exact) mass is 348 g/mol. The lowest BCUT2D eigenvalue weighted by atomic mass is 9.85. The zero-order chi connectivity index (χ0) is 17.3. The van der Waals surface area contributed by atoms with Crippen LogP contribution in [-0.2, 0) is 4.79 Å². The standard InChI is InChI=1S/C19H25ClN2O2/c1-3-8-21-9-4-6-19(18(21)24)7-5-10-22(19)17(23)15-11-14(2)12-16(20)13-15/h11-13H,3-10H2,1-2H3. The van der Waals surface area contributed by atoms with Gasteiger partial charge in [-0.15, -0.1) is 0 Å². The second-order valence-electron chi connectivity index (χ2n) is 7.00. The molecule has 0 N–H and O–H groups in total. The van der Waals surface area contributed by atoms with Crippen LogP contribution in [0.5, 0.6) is 0 Å². The minimum absolute atomic E-state index is 0.0650. The Balaban J connectivity index is 1.92. The summed E-state index contributed by atoms with van der Waals surface area (Å²) in [6, 6.07) is 5.41. The Morgan fingerprint density at radius 2 is 1.92 bits per heavy atom. The van der Waals surface area contributed by atoms with Gasteiger partial charge in [0, 0.05) is 30.2 Å². The van der Waals surface area contributed by atoms with Crippen molar-refractivity contribution in [1.29, 1.82) is 0 Å². The van der Waals surface area contributed by atoms with Gasteiger partial charge in [-0.3, -0.25) is 9.59 Å². The topological polar surface area (TPSA) is 40.6 Å². The van der Waals surface area contributed by atoms with Crippen molar-refractivity contribution in [2.24, 2.45) is 0 Å². The van der Waals surface area contributed by atoms with Gasteiger partial charge in [0.15, 0.2) is 0 Å². The fourth-order valence-corrected chi connectivity index (χ4v) is 4.51. The van der Waals surface area contributed by atoms with Gasteiger partial charge < -0.3 is 9.80 Å². The van der Waals surface area contributed by atoms with Crippen LogP contribution in [0.15, 0.2) is 18.2 Å². The average molecular weight is 349 g/mol. The highest BCUT2D eigenvalue weighted by Crippen LogP contribution is 2.39. The minimum atomic E-state index is -0.638. The summed E-state index contributed by atoms with van der Waals surface area (Å²) in [5.41, 5.74) is 0.907. The molecule has 1 spiro atoms. The molecule has 1 aromatic carbocycles. The molecule has 2 saturated heterocycles. The van der Waals surface area contributed by atoms with E-state index in [9.17, 15) is 9.59 Å². The third-order valence-corrected chi connectivity index (χ3v) is 5.44. The van der Waals surface area contributed by atoms with Crippen molar-refractivity contribution >= 4 is 23.4 Å². The Morgan fingerprint density at radius 3 is 2.58 bits per heavy atom. The Hall–Kier alpha value is -1.55. The molecule has 0 aliphatic carbocycles. The second-order valence-corrected chi connectivity index (χ2v) is 7.44. The number of aryl methyl sites for hydroxylation is 1. The van der Waals surface area contributed by atoms with Gasteiger partial charge in [0.2, 0.25) is 5.91 Å². The highest BCUT2D eigenvalue weighted by molar-refractivity contribution is 6.31. The quantitative estimate of drug-likeness (QED) is 0.836. The number of benzene rings is 1. The molecular formula is C19H25ClN2O2. The SMILES string of the molecule is CCCN1CCCC2(CCCN2C(=O)c2cc(C)cc(Cl)c2)C1=O. The molecule has 0 aromatic heterocycles. The van der Waals surface area contributed by atoms with Crippen molar-refractivity contribution in [1.82, 2.24) is 9.80 Å². The molecule has 2 aliphatic heterocycles. The lowest BCUT2D eigenvalue weighted by Crippen LogP contribution is -2.61. The third-order valence-electron chi connectivity index (χ3n) is 5.22. The van der Waals surface area contributed by atoms with E-state index in [4.69, 9.17) is 11.6 Å². The molecule has 4 nitrogen and oxygen atoms in total. The molecule has 0 radical (unpaired) electrons. The number of rotatable bonds is 3. The lowest BCUT2D eigenvalue weighted by molar-refractivity contribution is -0.145. The van der Waals surface area contributed by atoms with Gasteiger partial charge in [0.1, 0.15) is 5.54 Å². The molecule has 1 unspecified atom stereocenters. The van der Waals surface area contributed by atoms with E-state index in [0.717, 1.165) is 50.8 Å². The van der Waals surface area contributed by atoms with Gasteiger partial charge in [-0.1, -0.05) is 18.5 Å². The Kier molecular flexibility index (Phi) is 4.86. The van der Waals surface area contributed by atoms with E-state index >= 15 is 0 Å². The summed E-state index contributed by atoms with van der Waals surface area (Å²) in [5.74, 6) is 0.0741. The summed E-state index contributed by atoms with van der Waals surface area (Å²) in [7, 11) is 0. The van der Waals surface area contributed by atoms with E-state index in [0.29, 0.717) is 17.1 Å². The number of likely N-dealkylation sites (tertiary alicyclic amines) is 2. The van der Waals surface area contributed by atoms with Gasteiger partial charge >= 0.3 is 0 Å². The molecule has 1 atom stereocenters. The molecule has 0 bridgehead atoms. The Morgan fingerprint density at radius 1 is 1.21 bits per heavy atom. The van der Waals surface area contributed by atoms with Crippen molar-refractivity contribution in [3.63, 3.8) is 0 Å². The van der Waals surface area contributed by atoms with E-state index in [1.54, 1.807) is 6.07 Å². The van der Waals surface area contributed by atoms with Crippen LogP contribution in [0.25, 0.3) is 0 Å². The van der Waals surface area contributed by atoms with Crippen LogP contribution in [0, 0.1) is 6.92 Å². The van der Waals surface area contributed by atoms with Crippen LogP contribution in [-0.4, -0.2) is 46.8 Å². The average Bonchev–Trinajstić information content (AvgIpc) is 2.95. The van der Waals surface area contributed by atoms with Crippen LogP contribution in [0.2, 0.25) is 5.02 Å². The van der Waals surface area contributed by atoms with Crippen molar-refractivity contribution < 1.29 is 9.59 Å². The van der Waals surface area contributed by atoms with E-state index in [1.165, 1.54) is 0 Å². The van der Waals surface area contributed by atoms with Gasteiger partial charge in [-0.25, -0.2) is 0 Å². The fourth-order valence-electron chi connectivity index (χ4n) is 4.22. The number of hydrogen-bond acceptors (Lipinski definition) is 2. The zero-order valence-electron chi connectivity index (χ0n) is 14.5. The first-order chi connectivity index (χ1) is 11.5. The largest absolute Gasteiger partial charge is 0.341 e.